The first kappa shape index (κ1) is 9.52. The van der Waals surface area contributed by atoms with Gasteiger partial charge in [-0.15, -0.1) is 0 Å². The first-order chi connectivity index (χ1) is 5.61. The summed E-state index contributed by atoms with van der Waals surface area (Å²) in [6.07, 6.45) is 0.948. The number of nitrogens with zero attached hydrogens (tertiary/aromatic N) is 1. The van der Waals surface area contributed by atoms with Crippen LogP contribution in [0, 0.1) is 5.92 Å². The van der Waals surface area contributed by atoms with E-state index in [9.17, 15) is 4.79 Å². The van der Waals surface area contributed by atoms with Gasteiger partial charge in [-0.05, 0) is 12.3 Å². The highest BCUT2D eigenvalue weighted by Crippen LogP contribution is 2.09. The second kappa shape index (κ2) is 3.90. The van der Waals surface area contributed by atoms with Gasteiger partial charge in [-0.1, -0.05) is 13.8 Å². The molecule has 3 nitrogen and oxygen atoms in total. The Labute approximate surface area is 74.1 Å². The molecule has 0 aromatic carbocycles. The quantitative estimate of drug-likeness (QED) is 0.653. The van der Waals surface area contributed by atoms with E-state index in [1.54, 1.807) is 0 Å². The molecule has 0 saturated carbocycles. The van der Waals surface area contributed by atoms with E-state index in [-0.39, 0.29) is 11.9 Å². The molecule has 1 unspecified atom stereocenters. The SMILES string of the molecule is CC(C)CC1NCCN(C)C1=O. The van der Waals surface area contributed by atoms with Gasteiger partial charge in [0.05, 0.1) is 6.04 Å². The predicted octanol–water partition coefficient (Wildman–Crippen LogP) is 0.463. The van der Waals surface area contributed by atoms with Crippen molar-refractivity contribution in [1.29, 1.82) is 0 Å². The molecule has 1 aliphatic rings. The highest BCUT2D eigenvalue weighted by atomic mass is 16.2. The standard InChI is InChI=1S/C9H18N2O/c1-7(2)6-8-9(12)11(3)5-4-10-8/h7-8,10H,4-6H2,1-3H3. The van der Waals surface area contributed by atoms with E-state index in [2.05, 4.69) is 19.2 Å². The zero-order valence-corrected chi connectivity index (χ0v) is 8.13. The van der Waals surface area contributed by atoms with Crippen LogP contribution in [0.4, 0.5) is 0 Å². The molecule has 12 heavy (non-hydrogen) atoms. The van der Waals surface area contributed by atoms with Gasteiger partial charge in [0.2, 0.25) is 5.91 Å². The topological polar surface area (TPSA) is 32.3 Å². The van der Waals surface area contributed by atoms with E-state index >= 15 is 0 Å². The number of carbonyl (C=O) groups excluding carboxylic acids is 1. The van der Waals surface area contributed by atoms with E-state index < -0.39 is 0 Å². The van der Waals surface area contributed by atoms with E-state index in [0.717, 1.165) is 19.5 Å². The minimum Gasteiger partial charge on any atom is -0.343 e. The molecule has 0 aromatic rings. The van der Waals surface area contributed by atoms with Gasteiger partial charge in [0.15, 0.2) is 0 Å². The summed E-state index contributed by atoms with van der Waals surface area (Å²) in [6, 6.07) is 0.0590. The molecular formula is C9H18N2O. The molecule has 1 saturated heterocycles. The summed E-state index contributed by atoms with van der Waals surface area (Å²) >= 11 is 0. The molecule has 1 atom stereocenters. The number of hydrogen-bond acceptors (Lipinski definition) is 2. The highest BCUT2D eigenvalue weighted by molar-refractivity contribution is 5.82. The number of likely N-dealkylation sites (N-methyl/N-ethyl adjacent to an activating group) is 1. The molecule has 0 radical (unpaired) electrons. The lowest BCUT2D eigenvalue weighted by molar-refractivity contribution is -0.134. The molecule has 1 amide bonds. The minimum absolute atomic E-state index is 0.0590. The molecule has 1 aliphatic heterocycles. The third-order valence-electron chi connectivity index (χ3n) is 2.22. The Kier molecular flexibility index (Phi) is 3.09. The van der Waals surface area contributed by atoms with Crippen LogP contribution < -0.4 is 5.32 Å². The Bertz CT molecular complexity index is 168. The van der Waals surface area contributed by atoms with Crippen molar-refractivity contribution < 1.29 is 4.79 Å². The zero-order chi connectivity index (χ0) is 9.14. The smallest absolute Gasteiger partial charge is 0.239 e. The fourth-order valence-electron chi connectivity index (χ4n) is 1.53. The average molecular weight is 170 g/mol. The Morgan fingerprint density at radius 2 is 2.33 bits per heavy atom. The fraction of sp³-hybridized carbons (Fsp3) is 0.889. The third kappa shape index (κ3) is 2.21. The second-order valence-electron chi connectivity index (χ2n) is 3.90. The van der Waals surface area contributed by atoms with Crippen LogP contribution in [0.3, 0.4) is 0 Å². The minimum atomic E-state index is 0.0590. The molecule has 0 aromatic heterocycles. The summed E-state index contributed by atoms with van der Waals surface area (Å²) in [5.74, 6) is 0.827. The summed E-state index contributed by atoms with van der Waals surface area (Å²) < 4.78 is 0. The number of rotatable bonds is 2. The highest BCUT2D eigenvalue weighted by Gasteiger charge is 2.25. The van der Waals surface area contributed by atoms with Crippen LogP contribution >= 0.6 is 0 Å². The normalized spacial score (nSPS) is 25.2. The maximum Gasteiger partial charge on any atom is 0.239 e. The lowest BCUT2D eigenvalue weighted by atomic mass is 10.0. The molecule has 0 bridgehead atoms. The van der Waals surface area contributed by atoms with Crippen molar-refractivity contribution in [3.05, 3.63) is 0 Å². The van der Waals surface area contributed by atoms with Crippen LogP contribution in [0.15, 0.2) is 0 Å². The van der Waals surface area contributed by atoms with Gasteiger partial charge in [-0.25, -0.2) is 0 Å². The van der Waals surface area contributed by atoms with Crippen molar-refractivity contribution in [2.24, 2.45) is 5.92 Å². The second-order valence-corrected chi connectivity index (χ2v) is 3.90. The van der Waals surface area contributed by atoms with Crippen molar-refractivity contribution in [1.82, 2.24) is 10.2 Å². The van der Waals surface area contributed by atoms with Crippen LogP contribution in [0.2, 0.25) is 0 Å². The van der Waals surface area contributed by atoms with Crippen molar-refractivity contribution in [2.45, 2.75) is 26.3 Å². The van der Waals surface area contributed by atoms with Crippen LogP contribution in [0.25, 0.3) is 0 Å². The lowest BCUT2D eigenvalue weighted by Gasteiger charge is -2.31. The molecule has 1 N–H and O–H groups in total. The van der Waals surface area contributed by atoms with Gasteiger partial charge in [-0.2, -0.15) is 0 Å². The first-order valence-electron chi connectivity index (χ1n) is 4.59. The monoisotopic (exact) mass is 170 g/mol. The lowest BCUT2D eigenvalue weighted by Crippen LogP contribution is -2.53. The first-order valence-corrected chi connectivity index (χ1v) is 4.59. The third-order valence-corrected chi connectivity index (χ3v) is 2.22. The number of nitrogens with one attached hydrogen (secondary N) is 1. The molecule has 1 heterocycles. The molecule has 1 fully saturated rings. The van der Waals surface area contributed by atoms with Crippen LogP contribution in [0.5, 0.6) is 0 Å². The number of carbonyl (C=O) groups is 1. The van der Waals surface area contributed by atoms with Gasteiger partial charge in [-0.3, -0.25) is 4.79 Å². The molecule has 0 spiro atoms. The molecule has 1 rings (SSSR count). The van der Waals surface area contributed by atoms with Crippen molar-refractivity contribution in [3.63, 3.8) is 0 Å². The van der Waals surface area contributed by atoms with E-state index in [0.29, 0.717) is 5.92 Å². The molecular weight excluding hydrogens is 152 g/mol. The summed E-state index contributed by atoms with van der Waals surface area (Å²) in [7, 11) is 1.87. The maximum absolute atomic E-state index is 11.5. The molecule has 0 aliphatic carbocycles. The Balaban J connectivity index is 2.46. The van der Waals surface area contributed by atoms with Crippen LogP contribution in [-0.2, 0) is 4.79 Å². The van der Waals surface area contributed by atoms with Gasteiger partial charge in [0, 0.05) is 20.1 Å². The van der Waals surface area contributed by atoms with Gasteiger partial charge in [0.1, 0.15) is 0 Å². The Morgan fingerprint density at radius 3 is 2.92 bits per heavy atom. The van der Waals surface area contributed by atoms with Gasteiger partial charge >= 0.3 is 0 Å². The molecule has 70 valence electrons. The van der Waals surface area contributed by atoms with Gasteiger partial charge < -0.3 is 10.2 Å². The maximum atomic E-state index is 11.5. The van der Waals surface area contributed by atoms with Crippen molar-refractivity contribution in [2.75, 3.05) is 20.1 Å². The number of piperazine rings is 1. The van der Waals surface area contributed by atoms with E-state index in [1.807, 2.05) is 11.9 Å². The van der Waals surface area contributed by atoms with E-state index in [1.165, 1.54) is 0 Å². The summed E-state index contributed by atoms with van der Waals surface area (Å²) in [4.78, 5) is 13.3. The largest absolute Gasteiger partial charge is 0.343 e. The molecule has 3 heteroatoms. The number of amides is 1. The van der Waals surface area contributed by atoms with Crippen molar-refractivity contribution >= 4 is 5.91 Å². The fourth-order valence-corrected chi connectivity index (χ4v) is 1.53. The van der Waals surface area contributed by atoms with E-state index in [4.69, 9.17) is 0 Å². The Hall–Kier alpha value is -0.570. The predicted molar refractivity (Wildman–Crippen MR) is 48.9 cm³/mol. The average Bonchev–Trinajstić information content (AvgIpc) is 1.98. The summed E-state index contributed by atoms with van der Waals surface area (Å²) in [5.41, 5.74) is 0. The van der Waals surface area contributed by atoms with Crippen LogP contribution in [-0.4, -0.2) is 37.0 Å². The zero-order valence-electron chi connectivity index (χ0n) is 8.13. The number of hydrogen-bond donors (Lipinski definition) is 1. The van der Waals surface area contributed by atoms with Gasteiger partial charge in [0.25, 0.3) is 0 Å². The Morgan fingerprint density at radius 1 is 1.67 bits per heavy atom. The summed E-state index contributed by atoms with van der Waals surface area (Å²) in [5, 5.41) is 3.24. The summed E-state index contributed by atoms with van der Waals surface area (Å²) in [6.45, 7) is 6.06. The van der Waals surface area contributed by atoms with Crippen molar-refractivity contribution in [3.8, 4) is 0 Å². The van der Waals surface area contributed by atoms with Crippen LogP contribution in [0.1, 0.15) is 20.3 Å².